The van der Waals surface area contributed by atoms with Crippen LogP contribution in [0.5, 0.6) is 0 Å². The van der Waals surface area contributed by atoms with Gasteiger partial charge >= 0.3 is 0 Å². The van der Waals surface area contributed by atoms with E-state index in [1.807, 2.05) is 0 Å². The van der Waals surface area contributed by atoms with E-state index in [0.29, 0.717) is 0 Å². The van der Waals surface area contributed by atoms with Gasteiger partial charge in [-0.2, -0.15) is 31.6 Å². The van der Waals surface area contributed by atoms with Crippen LogP contribution in [0.1, 0.15) is 33.5 Å². The molecule has 0 fully saturated rings. The van der Waals surface area contributed by atoms with Crippen molar-refractivity contribution in [1.82, 2.24) is 10.2 Å². The first-order valence-electron chi connectivity index (χ1n) is 10.4. The van der Waals surface area contributed by atoms with E-state index in [4.69, 9.17) is 0 Å². The number of fused-ring (bicyclic) bond motifs is 7. The second-order valence-electron chi connectivity index (χ2n) is 7.95. The van der Waals surface area contributed by atoms with Crippen molar-refractivity contribution in [2.45, 2.75) is 0 Å². The van der Waals surface area contributed by atoms with Crippen molar-refractivity contribution >= 4 is 11.1 Å². The number of allylic oxidation sites excluding steroid dienone is 2. The molecule has 0 unspecified atom stereocenters. The maximum absolute atomic E-state index is 15.7. The number of hydrogen-bond donors (Lipinski definition) is 0. The molecule has 0 spiro atoms. The normalized spacial score (nSPS) is 11.5. The molecule has 1 aromatic heterocycles. The van der Waals surface area contributed by atoms with E-state index in [0.717, 1.165) is 12.1 Å². The minimum Gasteiger partial charge on any atom is -0.205 e. The Hall–Kier alpha value is -6.48. The summed E-state index contributed by atoms with van der Waals surface area (Å²) >= 11 is 0. The highest BCUT2D eigenvalue weighted by atomic mass is 19.2. The average Bonchev–Trinajstić information content (AvgIpc) is 3.47. The van der Waals surface area contributed by atoms with Gasteiger partial charge in [0.25, 0.3) is 0 Å². The van der Waals surface area contributed by atoms with E-state index in [1.165, 1.54) is 24.3 Å². The molecule has 0 saturated carbocycles. The molecule has 2 aliphatic carbocycles. The number of nitrogens with zero attached hydrogens (tertiary/aromatic N) is 8. The highest BCUT2D eigenvalue weighted by molar-refractivity contribution is 6.14. The van der Waals surface area contributed by atoms with Gasteiger partial charge in [-0.3, -0.25) is 0 Å². The lowest BCUT2D eigenvalue weighted by Gasteiger charge is -2.11. The van der Waals surface area contributed by atoms with Gasteiger partial charge in [-0.05, 0) is 0 Å². The van der Waals surface area contributed by atoms with Crippen LogP contribution in [0.15, 0.2) is 11.1 Å². The zero-order valence-corrected chi connectivity index (χ0v) is 18.8. The maximum atomic E-state index is 15.7. The van der Waals surface area contributed by atoms with Crippen molar-refractivity contribution in [3.05, 3.63) is 79.6 Å². The van der Waals surface area contributed by atoms with Crippen LogP contribution in [-0.2, 0) is 0 Å². The lowest BCUT2D eigenvalue weighted by molar-refractivity contribution is 0.490. The van der Waals surface area contributed by atoms with Crippen LogP contribution >= 0.6 is 0 Å². The lowest BCUT2D eigenvalue weighted by Crippen LogP contribution is -2.03. The van der Waals surface area contributed by atoms with Gasteiger partial charge in [0.05, 0.1) is 5.56 Å². The van der Waals surface area contributed by atoms with Crippen molar-refractivity contribution in [3.8, 4) is 58.8 Å². The van der Waals surface area contributed by atoms with Gasteiger partial charge in [-0.25, -0.2) is 26.3 Å². The number of nitriles is 6. The Bertz CT molecular complexity index is 2110. The fourth-order valence-electron chi connectivity index (χ4n) is 4.73. The summed E-state index contributed by atoms with van der Waals surface area (Å²) < 4.78 is 91.2. The summed E-state index contributed by atoms with van der Waals surface area (Å²) in [5, 5.41) is 64.0. The Morgan fingerprint density at radius 2 is 0.850 bits per heavy atom. The number of rotatable bonds is 0. The van der Waals surface area contributed by atoms with Crippen molar-refractivity contribution in [3.63, 3.8) is 0 Å². The van der Waals surface area contributed by atoms with Gasteiger partial charge in [0, 0.05) is 39.0 Å². The standard InChI is InChI=1S/C26F6N8/c27-19-9(5-37)21(29)24(32)14-12(8(3-35)4-36)25-17(15(14)19)16-11(7(1-33)2-34)13-18(26(16)40-39-25)20(28)10(6-38)22(30)23(13)31. The highest BCUT2D eigenvalue weighted by Crippen LogP contribution is 2.57. The SMILES string of the molecule is N#CC(C#N)=C1c2c(nnc3c2-c2c(F)c(C#N)c(F)c(F)c2C3=C(C#N)C#N)-c2c(F)c(C#N)c(F)c(F)c21. The summed E-state index contributed by atoms with van der Waals surface area (Å²) in [6.45, 7) is 0. The lowest BCUT2D eigenvalue weighted by atomic mass is 9.92. The quantitative estimate of drug-likeness (QED) is 0.155. The molecule has 40 heavy (non-hydrogen) atoms. The zero-order valence-electron chi connectivity index (χ0n) is 18.8. The summed E-state index contributed by atoms with van der Waals surface area (Å²) in [7, 11) is 0. The molecule has 14 heteroatoms. The van der Waals surface area contributed by atoms with Gasteiger partial charge in [0.15, 0.2) is 34.9 Å². The molecule has 0 amide bonds. The summed E-state index contributed by atoms with van der Waals surface area (Å²) in [5.74, 6) is -11.2. The largest absolute Gasteiger partial charge is 0.205 e. The van der Waals surface area contributed by atoms with E-state index in [-0.39, 0.29) is 0 Å². The minimum atomic E-state index is -1.99. The van der Waals surface area contributed by atoms with Crippen molar-refractivity contribution < 1.29 is 26.3 Å². The number of benzene rings is 2. The van der Waals surface area contributed by atoms with Crippen molar-refractivity contribution in [2.75, 3.05) is 0 Å². The molecule has 0 atom stereocenters. The van der Waals surface area contributed by atoms with Crippen LogP contribution in [0.2, 0.25) is 0 Å². The summed E-state index contributed by atoms with van der Waals surface area (Å²) in [4.78, 5) is 0. The molecule has 0 bridgehead atoms. The van der Waals surface area contributed by atoms with Crippen LogP contribution < -0.4 is 0 Å². The topological polar surface area (TPSA) is 169 Å². The molecule has 3 aromatic rings. The Balaban J connectivity index is 2.16. The minimum absolute atomic E-state index is 0.703. The highest BCUT2D eigenvalue weighted by Gasteiger charge is 2.46. The van der Waals surface area contributed by atoms with E-state index < -0.39 is 113 Å². The van der Waals surface area contributed by atoms with E-state index in [9.17, 15) is 40.4 Å². The van der Waals surface area contributed by atoms with Crippen LogP contribution in [0.3, 0.4) is 0 Å². The second-order valence-corrected chi connectivity index (χ2v) is 7.95. The fraction of sp³-hybridized carbons (Fsp3) is 0. The Morgan fingerprint density at radius 3 is 1.32 bits per heavy atom. The Morgan fingerprint density at radius 1 is 0.425 bits per heavy atom. The zero-order chi connectivity index (χ0) is 29.2. The van der Waals surface area contributed by atoms with Crippen molar-refractivity contribution in [1.29, 1.82) is 31.6 Å². The van der Waals surface area contributed by atoms with Gasteiger partial charge in [-0.1, -0.05) is 0 Å². The molecule has 2 aliphatic rings. The first-order valence-corrected chi connectivity index (χ1v) is 10.4. The molecule has 0 N–H and O–H groups in total. The third-order valence-corrected chi connectivity index (χ3v) is 6.26. The first-order chi connectivity index (χ1) is 19.1. The first kappa shape index (κ1) is 25.2. The molecule has 186 valence electrons. The van der Waals surface area contributed by atoms with Crippen LogP contribution in [0.4, 0.5) is 26.3 Å². The molecular weight excluding hydrogens is 538 g/mol. The number of hydrogen-bond acceptors (Lipinski definition) is 8. The summed E-state index contributed by atoms with van der Waals surface area (Å²) in [6.07, 6.45) is 0. The van der Waals surface area contributed by atoms with E-state index in [1.54, 1.807) is 0 Å². The molecule has 8 nitrogen and oxygen atoms in total. The number of halogens is 6. The Labute approximate surface area is 218 Å². The third-order valence-electron chi connectivity index (χ3n) is 6.26. The molecule has 2 aromatic carbocycles. The third kappa shape index (κ3) is 2.79. The van der Waals surface area contributed by atoms with Gasteiger partial charge < -0.3 is 0 Å². The van der Waals surface area contributed by atoms with E-state index >= 15 is 17.6 Å². The summed E-state index contributed by atoms with van der Waals surface area (Å²) in [6, 6.07) is 7.85. The second kappa shape index (κ2) is 8.54. The molecule has 1 heterocycles. The maximum Gasteiger partial charge on any atom is 0.180 e. The smallest absolute Gasteiger partial charge is 0.180 e. The predicted molar refractivity (Wildman–Crippen MR) is 117 cm³/mol. The monoisotopic (exact) mass is 538 g/mol. The predicted octanol–water partition coefficient (Wildman–Crippen LogP) is 4.71. The molecule has 5 rings (SSSR count). The summed E-state index contributed by atoms with van der Waals surface area (Å²) in [5.41, 5.74) is -13.5. The Kier molecular flexibility index (Phi) is 5.37. The van der Waals surface area contributed by atoms with Gasteiger partial charge in [0.1, 0.15) is 70.1 Å². The van der Waals surface area contributed by atoms with Crippen LogP contribution in [-0.4, -0.2) is 10.2 Å². The van der Waals surface area contributed by atoms with E-state index in [2.05, 4.69) is 10.2 Å². The van der Waals surface area contributed by atoms with Crippen LogP contribution in [0, 0.1) is 103 Å². The van der Waals surface area contributed by atoms with Gasteiger partial charge in [-0.15, -0.1) is 10.2 Å². The molecular formula is C26F6N8. The fourth-order valence-corrected chi connectivity index (χ4v) is 4.73. The number of aromatic nitrogens is 2. The van der Waals surface area contributed by atoms with Crippen molar-refractivity contribution in [2.24, 2.45) is 0 Å². The molecule has 0 radical (unpaired) electrons. The van der Waals surface area contributed by atoms with Gasteiger partial charge in [0.2, 0.25) is 0 Å². The average molecular weight is 538 g/mol. The molecule has 0 saturated heterocycles. The molecule has 0 aliphatic heterocycles. The van der Waals surface area contributed by atoms with Crippen LogP contribution in [0.25, 0.3) is 33.5 Å².